The van der Waals surface area contributed by atoms with Crippen LogP contribution in [0.15, 0.2) is 17.6 Å². The normalized spacial score (nSPS) is 28.4. The van der Waals surface area contributed by atoms with E-state index >= 15 is 0 Å². The maximum atomic E-state index is 12.5. The zero-order valence-electron chi connectivity index (χ0n) is 10.5. The molecule has 2 fully saturated rings. The van der Waals surface area contributed by atoms with E-state index < -0.39 is 10.0 Å². The van der Waals surface area contributed by atoms with Gasteiger partial charge in [-0.15, -0.1) is 0 Å². The van der Waals surface area contributed by atoms with E-state index in [9.17, 15) is 8.42 Å². The van der Waals surface area contributed by atoms with E-state index in [1.165, 1.54) is 4.31 Å². The third kappa shape index (κ3) is 1.77. The van der Waals surface area contributed by atoms with Crippen molar-refractivity contribution in [3.05, 3.63) is 12.5 Å². The molecule has 100 valence electrons. The minimum atomic E-state index is -3.46. The van der Waals surface area contributed by atoms with E-state index in [1.54, 1.807) is 17.1 Å². The molecule has 2 saturated heterocycles. The van der Waals surface area contributed by atoms with Crippen molar-refractivity contribution >= 4 is 10.0 Å². The number of hydrogen-bond donors (Lipinski definition) is 0. The van der Waals surface area contributed by atoms with E-state index in [4.69, 9.17) is 4.74 Å². The standard InChI is InChI=1S/C11H17N3O3S/c1-8(2)13-5-11(12-7-13)18(15,16)14-4-10-3-9(14)6-17-10/h5,7-10H,3-4,6H2,1-2H3/t9-,10+/m0/s1. The Morgan fingerprint density at radius 1 is 1.50 bits per heavy atom. The predicted molar refractivity (Wildman–Crippen MR) is 64.6 cm³/mol. The molecule has 0 amide bonds. The zero-order valence-corrected chi connectivity index (χ0v) is 11.3. The van der Waals surface area contributed by atoms with E-state index in [-0.39, 0.29) is 23.2 Å². The molecule has 2 aliphatic rings. The fourth-order valence-corrected chi connectivity index (χ4v) is 4.09. The summed E-state index contributed by atoms with van der Waals surface area (Å²) in [7, 11) is -3.46. The SMILES string of the molecule is CC(C)n1cnc(S(=O)(=O)N2C[C@H]3C[C@H]2CO3)c1. The van der Waals surface area contributed by atoms with Crippen LogP contribution in [0.25, 0.3) is 0 Å². The summed E-state index contributed by atoms with van der Waals surface area (Å²) in [4.78, 5) is 4.03. The first-order valence-electron chi connectivity index (χ1n) is 6.15. The van der Waals surface area contributed by atoms with Crippen LogP contribution in [0.3, 0.4) is 0 Å². The zero-order chi connectivity index (χ0) is 12.9. The van der Waals surface area contributed by atoms with Crippen molar-refractivity contribution in [2.75, 3.05) is 13.2 Å². The number of nitrogens with zero attached hydrogens (tertiary/aromatic N) is 3. The Morgan fingerprint density at radius 2 is 2.28 bits per heavy atom. The van der Waals surface area contributed by atoms with Gasteiger partial charge in [-0.25, -0.2) is 13.4 Å². The van der Waals surface area contributed by atoms with Crippen molar-refractivity contribution in [1.29, 1.82) is 0 Å². The summed E-state index contributed by atoms with van der Waals surface area (Å²) in [5.74, 6) is 0. The summed E-state index contributed by atoms with van der Waals surface area (Å²) in [6, 6.07) is 0.198. The Morgan fingerprint density at radius 3 is 2.78 bits per heavy atom. The van der Waals surface area contributed by atoms with Crippen LogP contribution in [-0.4, -0.2) is 47.6 Å². The van der Waals surface area contributed by atoms with Crippen LogP contribution >= 0.6 is 0 Å². The highest BCUT2D eigenvalue weighted by molar-refractivity contribution is 7.89. The Balaban J connectivity index is 1.90. The van der Waals surface area contributed by atoms with Crippen molar-refractivity contribution in [1.82, 2.24) is 13.9 Å². The van der Waals surface area contributed by atoms with Crippen molar-refractivity contribution in [2.45, 2.75) is 43.5 Å². The summed E-state index contributed by atoms with van der Waals surface area (Å²) >= 11 is 0. The van der Waals surface area contributed by atoms with Crippen LogP contribution in [0.4, 0.5) is 0 Å². The van der Waals surface area contributed by atoms with Crippen molar-refractivity contribution in [3.8, 4) is 0 Å². The molecule has 0 unspecified atom stereocenters. The molecular weight excluding hydrogens is 254 g/mol. The number of sulfonamides is 1. The van der Waals surface area contributed by atoms with Crippen LogP contribution in [0.1, 0.15) is 26.3 Å². The number of rotatable bonds is 3. The Labute approximate surface area is 107 Å². The molecule has 0 spiro atoms. The van der Waals surface area contributed by atoms with Crippen LogP contribution in [0.5, 0.6) is 0 Å². The summed E-state index contributed by atoms with van der Waals surface area (Å²) in [5, 5.41) is 0.142. The lowest BCUT2D eigenvalue weighted by molar-refractivity contribution is 0.0608. The fraction of sp³-hybridized carbons (Fsp3) is 0.727. The molecule has 7 heteroatoms. The van der Waals surface area contributed by atoms with Gasteiger partial charge in [-0.05, 0) is 20.3 Å². The monoisotopic (exact) mass is 271 g/mol. The van der Waals surface area contributed by atoms with Gasteiger partial charge >= 0.3 is 0 Å². The summed E-state index contributed by atoms with van der Waals surface area (Å²) < 4.78 is 33.7. The topological polar surface area (TPSA) is 64.4 Å². The second kappa shape index (κ2) is 4.04. The molecule has 3 rings (SSSR count). The average molecular weight is 271 g/mol. The number of imidazole rings is 1. The number of morpholine rings is 1. The van der Waals surface area contributed by atoms with Gasteiger partial charge in [-0.2, -0.15) is 4.31 Å². The highest BCUT2D eigenvalue weighted by atomic mass is 32.2. The Kier molecular flexibility index (Phi) is 2.72. The number of aromatic nitrogens is 2. The summed E-state index contributed by atoms with van der Waals surface area (Å²) in [6.07, 6.45) is 4.05. The molecule has 0 N–H and O–H groups in total. The molecule has 2 atom stereocenters. The van der Waals surface area contributed by atoms with Gasteiger partial charge in [-0.3, -0.25) is 0 Å². The highest BCUT2D eigenvalue weighted by Gasteiger charge is 2.46. The molecule has 2 bridgehead atoms. The van der Waals surface area contributed by atoms with Crippen molar-refractivity contribution in [3.63, 3.8) is 0 Å². The molecular formula is C11H17N3O3S. The smallest absolute Gasteiger partial charge is 0.262 e. The molecule has 0 aliphatic carbocycles. The average Bonchev–Trinajstić information content (AvgIpc) is 3.04. The van der Waals surface area contributed by atoms with Gasteiger partial charge in [0, 0.05) is 18.8 Å². The lowest BCUT2D eigenvalue weighted by Crippen LogP contribution is -2.41. The first kappa shape index (κ1) is 12.1. The fourth-order valence-electron chi connectivity index (χ4n) is 2.51. The van der Waals surface area contributed by atoms with Crippen molar-refractivity contribution in [2.24, 2.45) is 0 Å². The van der Waals surface area contributed by atoms with Gasteiger partial charge in [0.15, 0.2) is 5.03 Å². The maximum absolute atomic E-state index is 12.5. The van der Waals surface area contributed by atoms with Gasteiger partial charge in [0.05, 0.1) is 25.1 Å². The summed E-state index contributed by atoms with van der Waals surface area (Å²) in [5.41, 5.74) is 0. The molecule has 1 aromatic heterocycles. The van der Waals surface area contributed by atoms with Gasteiger partial charge in [-0.1, -0.05) is 0 Å². The third-order valence-electron chi connectivity index (χ3n) is 3.60. The summed E-state index contributed by atoms with van der Waals surface area (Å²) in [6.45, 7) is 4.95. The van der Waals surface area contributed by atoms with E-state index in [0.29, 0.717) is 13.2 Å². The third-order valence-corrected chi connectivity index (χ3v) is 5.40. The number of fused-ring (bicyclic) bond motifs is 2. The largest absolute Gasteiger partial charge is 0.375 e. The maximum Gasteiger partial charge on any atom is 0.262 e. The molecule has 0 aromatic carbocycles. The minimum absolute atomic E-state index is 0.0100. The molecule has 18 heavy (non-hydrogen) atoms. The van der Waals surface area contributed by atoms with Gasteiger partial charge < -0.3 is 9.30 Å². The lowest BCUT2D eigenvalue weighted by Gasteiger charge is -2.24. The molecule has 2 aliphatic heterocycles. The second-order valence-corrected chi connectivity index (χ2v) is 7.01. The number of ether oxygens (including phenoxy) is 1. The van der Waals surface area contributed by atoms with E-state index in [0.717, 1.165) is 6.42 Å². The minimum Gasteiger partial charge on any atom is -0.375 e. The van der Waals surface area contributed by atoms with Gasteiger partial charge in [0.1, 0.15) is 0 Å². The first-order valence-corrected chi connectivity index (χ1v) is 7.59. The Hall–Kier alpha value is -0.920. The van der Waals surface area contributed by atoms with E-state index in [2.05, 4.69) is 4.98 Å². The molecule has 3 heterocycles. The Bertz CT molecular complexity index is 552. The van der Waals surface area contributed by atoms with Gasteiger partial charge in [0.25, 0.3) is 10.0 Å². The van der Waals surface area contributed by atoms with Crippen LogP contribution in [0.2, 0.25) is 0 Å². The van der Waals surface area contributed by atoms with Crippen LogP contribution < -0.4 is 0 Å². The first-order chi connectivity index (χ1) is 8.48. The van der Waals surface area contributed by atoms with Gasteiger partial charge in [0.2, 0.25) is 0 Å². The second-order valence-electron chi connectivity index (χ2n) is 5.17. The predicted octanol–water partition coefficient (Wildman–Crippen LogP) is 0.626. The van der Waals surface area contributed by atoms with Crippen molar-refractivity contribution < 1.29 is 13.2 Å². The molecule has 1 aromatic rings. The molecule has 0 saturated carbocycles. The highest BCUT2D eigenvalue weighted by Crippen LogP contribution is 2.32. The van der Waals surface area contributed by atoms with E-state index in [1.807, 2.05) is 13.8 Å². The quantitative estimate of drug-likeness (QED) is 0.808. The lowest BCUT2D eigenvalue weighted by atomic mass is 10.3. The number of hydrogen-bond acceptors (Lipinski definition) is 4. The van der Waals surface area contributed by atoms with Crippen LogP contribution in [0, 0.1) is 0 Å². The molecule has 6 nitrogen and oxygen atoms in total. The van der Waals surface area contributed by atoms with Crippen LogP contribution in [-0.2, 0) is 14.8 Å². The molecule has 0 radical (unpaired) electrons.